The van der Waals surface area contributed by atoms with Crippen LogP contribution < -0.4 is 9.46 Å². The second kappa shape index (κ2) is 7.87. The largest absolute Gasteiger partial charge is 0.487 e. The van der Waals surface area contributed by atoms with Gasteiger partial charge in [0.15, 0.2) is 0 Å². The predicted molar refractivity (Wildman–Crippen MR) is 116 cm³/mol. The molecule has 6 nitrogen and oxygen atoms in total. The van der Waals surface area contributed by atoms with E-state index in [9.17, 15) is 13.2 Å². The molecule has 1 aliphatic heterocycles. The van der Waals surface area contributed by atoms with E-state index in [-0.39, 0.29) is 4.90 Å². The van der Waals surface area contributed by atoms with Crippen molar-refractivity contribution in [3.8, 4) is 5.75 Å². The number of benzene rings is 2. The molecule has 30 heavy (non-hydrogen) atoms. The van der Waals surface area contributed by atoms with E-state index in [2.05, 4.69) is 4.72 Å². The zero-order valence-corrected chi connectivity index (χ0v) is 19.5. The lowest BCUT2D eigenvalue weighted by molar-refractivity contribution is -0.142. The second-order valence-corrected chi connectivity index (χ2v) is 10.3. The van der Waals surface area contributed by atoms with Crippen LogP contribution in [0.5, 0.6) is 5.75 Å². The standard InChI is InChI=1S/C22H26ClNO5S/c1-12-13(2)20(14(3)17-11-22(4,5)29-19(12)17)30(26,27)24-18(21(25)28-6)15-7-9-16(23)10-8-15/h7-10,18,24H,11H2,1-6H3/t18-/m0/s1. The number of sulfonamides is 1. The van der Waals surface area contributed by atoms with Gasteiger partial charge >= 0.3 is 5.97 Å². The minimum atomic E-state index is -4.05. The average molecular weight is 452 g/mol. The Bertz CT molecular complexity index is 1110. The normalized spacial score (nSPS) is 16.0. The molecule has 0 amide bonds. The van der Waals surface area contributed by atoms with Gasteiger partial charge < -0.3 is 9.47 Å². The summed E-state index contributed by atoms with van der Waals surface area (Å²) in [6.45, 7) is 9.33. The van der Waals surface area contributed by atoms with Gasteiger partial charge in [-0.25, -0.2) is 13.2 Å². The van der Waals surface area contributed by atoms with Crippen LogP contribution in [0.15, 0.2) is 29.2 Å². The van der Waals surface area contributed by atoms with Gasteiger partial charge in [-0.05, 0) is 69.0 Å². The van der Waals surface area contributed by atoms with Gasteiger partial charge in [0.25, 0.3) is 0 Å². The van der Waals surface area contributed by atoms with Crippen LogP contribution in [-0.2, 0) is 26.0 Å². The van der Waals surface area contributed by atoms with Gasteiger partial charge in [-0.3, -0.25) is 0 Å². The molecule has 1 heterocycles. The number of carbonyl (C=O) groups excluding carboxylic acids is 1. The average Bonchev–Trinajstić information content (AvgIpc) is 3.00. The SMILES string of the molecule is COC(=O)[C@@H](NS(=O)(=O)c1c(C)c(C)c2c(c1C)CC(C)(C)O2)c1ccc(Cl)cc1. The lowest BCUT2D eigenvalue weighted by Crippen LogP contribution is -2.35. The van der Waals surface area contributed by atoms with Crippen molar-refractivity contribution in [2.24, 2.45) is 0 Å². The maximum atomic E-state index is 13.5. The van der Waals surface area contributed by atoms with E-state index < -0.39 is 27.6 Å². The molecule has 0 fully saturated rings. The van der Waals surface area contributed by atoms with Gasteiger partial charge in [0.2, 0.25) is 10.0 Å². The molecule has 3 rings (SSSR count). The van der Waals surface area contributed by atoms with E-state index in [1.165, 1.54) is 7.11 Å². The Labute approximate surface area is 182 Å². The van der Waals surface area contributed by atoms with E-state index in [0.717, 1.165) is 16.9 Å². The fraction of sp³-hybridized carbons (Fsp3) is 0.409. The Morgan fingerprint density at radius 1 is 1.13 bits per heavy atom. The van der Waals surface area contributed by atoms with Crippen molar-refractivity contribution in [3.05, 3.63) is 57.1 Å². The first-order chi connectivity index (χ1) is 13.9. The van der Waals surface area contributed by atoms with Gasteiger partial charge in [0.1, 0.15) is 17.4 Å². The molecule has 0 radical (unpaired) electrons. The van der Waals surface area contributed by atoms with Gasteiger partial charge in [-0.1, -0.05) is 23.7 Å². The van der Waals surface area contributed by atoms with Crippen LogP contribution >= 0.6 is 11.6 Å². The summed E-state index contributed by atoms with van der Waals surface area (Å²) >= 11 is 5.93. The maximum Gasteiger partial charge on any atom is 0.328 e. The number of nitrogens with one attached hydrogen (secondary N) is 1. The fourth-order valence-corrected chi connectivity index (χ4v) is 5.76. The van der Waals surface area contributed by atoms with Crippen molar-refractivity contribution in [1.82, 2.24) is 4.72 Å². The monoisotopic (exact) mass is 451 g/mol. The molecule has 0 aliphatic carbocycles. The van der Waals surface area contributed by atoms with Crippen LogP contribution in [0.4, 0.5) is 0 Å². The van der Waals surface area contributed by atoms with Crippen molar-refractivity contribution in [3.63, 3.8) is 0 Å². The zero-order chi connectivity index (χ0) is 22.4. The van der Waals surface area contributed by atoms with Crippen LogP contribution in [0.2, 0.25) is 5.02 Å². The van der Waals surface area contributed by atoms with Crippen molar-refractivity contribution in [2.75, 3.05) is 7.11 Å². The summed E-state index contributed by atoms with van der Waals surface area (Å²) in [5, 5.41) is 0.480. The van der Waals surface area contributed by atoms with E-state index in [4.69, 9.17) is 21.1 Å². The van der Waals surface area contributed by atoms with E-state index in [0.29, 0.717) is 28.1 Å². The van der Waals surface area contributed by atoms with E-state index in [1.807, 2.05) is 20.8 Å². The fourth-order valence-electron chi connectivity index (χ4n) is 3.89. The molecular formula is C22H26ClNO5S. The summed E-state index contributed by atoms with van der Waals surface area (Å²) in [6.07, 6.45) is 0.607. The molecule has 1 atom stereocenters. The maximum absolute atomic E-state index is 13.5. The molecule has 0 spiro atoms. The first kappa shape index (κ1) is 22.6. The van der Waals surface area contributed by atoms with Gasteiger partial charge in [-0.15, -0.1) is 0 Å². The Morgan fingerprint density at radius 2 is 1.73 bits per heavy atom. The topological polar surface area (TPSA) is 81.7 Å². The lowest BCUT2D eigenvalue weighted by Gasteiger charge is -2.21. The number of rotatable bonds is 5. The number of fused-ring (bicyclic) bond motifs is 1. The molecule has 2 aromatic rings. The summed E-state index contributed by atoms with van der Waals surface area (Å²) in [5.41, 5.74) is 2.92. The highest BCUT2D eigenvalue weighted by Crippen LogP contribution is 2.44. The van der Waals surface area contributed by atoms with Crippen molar-refractivity contribution >= 4 is 27.6 Å². The third-order valence-electron chi connectivity index (χ3n) is 5.47. The molecule has 0 saturated heterocycles. The summed E-state index contributed by atoms with van der Waals surface area (Å²) in [5.74, 6) is 0.0368. The first-order valence-corrected chi connectivity index (χ1v) is 11.4. The molecule has 0 bridgehead atoms. The van der Waals surface area contributed by atoms with Crippen LogP contribution in [-0.4, -0.2) is 27.1 Å². The third-order valence-corrected chi connectivity index (χ3v) is 7.42. The van der Waals surface area contributed by atoms with Gasteiger partial charge in [-0.2, -0.15) is 4.72 Å². The highest BCUT2D eigenvalue weighted by atomic mass is 35.5. The quantitative estimate of drug-likeness (QED) is 0.690. The Hall–Kier alpha value is -2.09. The van der Waals surface area contributed by atoms with Gasteiger partial charge in [0, 0.05) is 17.0 Å². The number of esters is 1. The van der Waals surface area contributed by atoms with E-state index >= 15 is 0 Å². The molecule has 2 aromatic carbocycles. The highest BCUT2D eigenvalue weighted by molar-refractivity contribution is 7.89. The Balaban J connectivity index is 2.10. The minimum absolute atomic E-state index is 0.169. The molecule has 1 aliphatic rings. The Morgan fingerprint density at radius 3 is 2.30 bits per heavy atom. The lowest BCUT2D eigenvalue weighted by atomic mass is 9.94. The molecular weight excluding hydrogens is 426 g/mol. The summed E-state index contributed by atoms with van der Waals surface area (Å²) < 4.78 is 40.4. The highest BCUT2D eigenvalue weighted by Gasteiger charge is 2.38. The van der Waals surface area contributed by atoms with Crippen LogP contribution in [0.1, 0.15) is 47.7 Å². The number of hydrogen-bond acceptors (Lipinski definition) is 5. The molecule has 0 saturated carbocycles. The molecule has 162 valence electrons. The third kappa shape index (κ3) is 4.06. The smallest absolute Gasteiger partial charge is 0.328 e. The Kier molecular flexibility index (Phi) is 5.93. The second-order valence-electron chi connectivity index (χ2n) is 8.18. The van der Waals surface area contributed by atoms with E-state index in [1.54, 1.807) is 38.1 Å². The summed E-state index contributed by atoms with van der Waals surface area (Å²) in [4.78, 5) is 12.6. The molecule has 8 heteroatoms. The first-order valence-electron chi connectivity index (χ1n) is 9.55. The van der Waals surface area contributed by atoms with Gasteiger partial charge in [0.05, 0.1) is 12.0 Å². The molecule has 1 N–H and O–H groups in total. The predicted octanol–water partition coefficient (Wildman–Crippen LogP) is 4.17. The number of hydrogen-bond donors (Lipinski definition) is 1. The summed E-state index contributed by atoms with van der Waals surface area (Å²) in [7, 11) is -2.84. The number of carbonyl (C=O) groups is 1. The van der Waals surface area contributed by atoms with Crippen molar-refractivity contribution < 1.29 is 22.7 Å². The minimum Gasteiger partial charge on any atom is -0.487 e. The summed E-state index contributed by atoms with van der Waals surface area (Å²) in [6, 6.07) is 5.18. The van der Waals surface area contributed by atoms with Crippen molar-refractivity contribution in [2.45, 2.75) is 57.6 Å². The number of methoxy groups -OCH3 is 1. The van der Waals surface area contributed by atoms with Crippen LogP contribution in [0.3, 0.4) is 0 Å². The molecule has 0 aromatic heterocycles. The number of halogens is 1. The van der Waals surface area contributed by atoms with Crippen molar-refractivity contribution in [1.29, 1.82) is 0 Å². The van der Waals surface area contributed by atoms with Crippen LogP contribution in [0.25, 0.3) is 0 Å². The zero-order valence-electron chi connectivity index (χ0n) is 17.9. The van der Waals surface area contributed by atoms with Crippen LogP contribution in [0, 0.1) is 20.8 Å². The number of ether oxygens (including phenoxy) is 2. The molecule has 0 unspecified atom stereocenters.